The maximum absolute atomic E-state index is 13.1. The zero-order valence-electron chi connectivity index (χ0n) is 17.6. The van der Waals surface area contributed by atoms with E-state index in [9.17, 15) is 9.59 Å². The van der Waals surface area contributed by atoms with E-state index in [1.54, 1.807) is 41.3 Å². The number of hydrogen-bond donors (Lipinski definition) is 1. The van der Waals surface area contributed by atoms with Crippen LogP contribution in [0, 0.1) is 0 Å². The van der Waals surface area contributed by atoms with Crippen LogP contribution < -0.4 is 15.0 Å². The van der Waals surface area contributed by atoms with E-state index in [1.165, 1.54) is 0 Å². The minimum absolute atomic E-state index is 0.126. The van der Waals surface area contributed by atoms with Gasteiger partial charge in [0.1, 0.15) is 5.75 Å². The first-order valence-electron chi connectivity index (χ1n) is 10.2. The van der Waals surface area contributed by atoms with Gasteiger partial charge in [-0.15, -0.1) is 0 Å². The van der Waals surface area contributed by atoms with Crippen molar-refractivity contribution in [2.45, 2.75) is 20.3 Å². The predicted molar refractivity (Wildman–Crippen MR) is 128 cm³/mol. The van der Waals surface area contributed by atoms with Gasteiger partial charge in [0.05, 0.1) is 12.2 Å². The van der Waals surface area contributed by atoms with Crippen molar-refractivity contribution in [3.05, 3.63) is 88.4 Å². The number of nitrogens with one attached hydrogen (secondary N) is 1. The van der Waals surface area contributed by atoms with Crippen molar-refractivity contribution in [2.75, 3.05) is 23.4 Å². The van der Waals surface area contributed by atoms with Crippen molar-refractivity contribution >= 4 is 39.1 Å². The van der Waals surface area contributed by atoms with Gasteiger partial charge in [-0.25, -0.2) is 0 Å². The van der Waals surface area contributed by atoms with Crippen LogP contribution in [-0.4, -0.2) is 25.0 Å². The fourth-order valence-electron chi connectivity index (χ4n) is 3.15. The van der Waals surface area contributed by atoms with Gasteiger partial charge in [-0.1, -0.05) is 47.1 Å². The van der Waals surface area contributed by atoms with Gasteiger partial charge in [0.2, 0.25) is 0 Å². The number of nitrogens with zero attached hydrogens (tertiary/aromatic N) is 1. The number of carbonyl (C=O) groups is 2. The number of para-hydroxylation sites is 1. The van der Waals surface area contributed by atoms with Crippen molar-refractivity contribution in [3.63, 3.8) is 0 Å². The van der Waals surface area contributed by atoms with Crippen LogP contribution in [0.25, 0.3) is 0 Å². The summed E-state index contributed by atoms with van der Waals surface area (Å²) in [6, 6.07) is 21.8. The first-order valence-corrected chi connectivity index (χ1v) is 11.0. The zero-order valence-corrected chi connectivity index (χ0v) is 19.2. The number of amides is 2. The van der Waals surface area contributed by atoms with Gasteiger partial charge in [-0.2, -0.15) is 0 Å². The summed E-state index contributed by atoms with van der Waals surface area (Å²) in [5.41, 5.74) is 2.30. The normalized spacial score (nSPS) is 10.4. The van der Waals surface area contributed by atoms with Crippen molar-refractivity contribution in [3.8, 4) is 5.75 Å². The lowest BCUT2D eigenvalue weighted by molar-refractivity contribution is 0.0985. The Bertz CT molecular complexity index is 1050. The maximum atomic E-state index is 13.1. The molecule has 160 valence electrons. The number of hydrogen-bond acceptors (Lipinski definition) is 3. The SMILES string of the molecule is CCCOc1ccc(Br)cc1C(=O)Nc1cccc(C(=O)N(CC)c2ccccc2)c1. The van der Waals surface area contributed by atoms with Crippen molar-refractivity contribution in [1.82, 2.24) is 0 Å². The fourth-order valence-corrected chi connectivity index (χ4v) is 3.51. The van der Waals surface area contributed by atoms with Crippen LogP contribution in [-0.2, 0) is 0 Å². The molecule has 2 amide bonds. The average Bonchev–Trinajstić information content (AvgIpc) is 2.79. The summed E-state index contributed by atoms with van der Waals surface area (Å²) in [6.07, 6.45) is 0.844. The Labute approximate surface area is 191 Å². The second-order valence-corrected chi connectivity index (χ2v) is 7.82. The van der Waals surface area contributed by atoms with Gasteiger partial charge in [0.15, 0.2) is 0 Å². The predicted octanol–water partition coefficient (Wildman–Crippen LogP) is 6.16. The molecular formula is C25H25BrN2O3. The highest BCUT2D eigenvalue weighted by atomic mass is 79.9. The first-order chi connectivity index (χ1) is 15.0. The van der Waals surface area contributed by atoms with Crippen LogP contribution in [0.4, 0.5) is 11.4 Å². The molecule has 5 nitrogen and oxygen atoms in total. The van der Waals surface area contributed by atoms with Gasteiger partial charge >= 0.3 is 0 Å². The third kappa shape index (κ3) is 5.73. The van der Waals surface area contributed by atoms with E-state index in [-0.39, 0.29) is 11.8 Å². The molecule has 0 spiro atoms. The first kappa shape index (κ1) is 22.6. The summed E-state index contributed by atoms with van der Waals surface area (Å²) in [4.78, 5) is 27.7. The highest BCUT2D eigenvalue weighted by molar-refractivity contribution is 9.10. The minimum Gasteiger partial charge on any atom is -0.493 e. The van der Waals surface area contributed by atoms with Gasteiger partial charge in [-0.05, 0) is 61.9 Å². The Morgan fingerprint density at radius 1 is 0.968 bits per heavy atom. The van der Waals surface area contributed by atoms with Crippen LogP contribution in [0.5, 0.6) is 5.75 Å². The van der Waals surface area contributed by atoms with Crippen molar-refractivity contribution in [2.24, 2.45) is 0 Å². The second-order valence-electron chi connectivity index (χ2n) is 6.91. The van der Waals surface area contributed by atoms with Crippen LogP contribution in [0.15, 0.2) is 77.3 Å². The molecule has 0 aliphatic rings. The molecule has 0 radical (unpaired) electrons. The topological polar surface area (TPSA) is 58.6 Å². The molecule has 3 aromatic carbocycles. The molecule has 0 saturated carbocycles. The molecule has 0 aliphatic carbocycles. The van der Waals surface area contributed by atoms with E-state index >= 15 is 0 Å². The lowest BCUT2D eigenvalue weighted by Gasteiger charge is -2.21. The molecule has 31 heavy (non-hydrogen) atoms. The summed E-state index contributed by atoms with van der Waals surface area (Å²) in [6.45, 7) is 5.01. The Morgan fingerprint density at radius 2 is 1.74 bits per heavy atom. The molecule has 0 aromatic heterocycles. The number of benzene rings is 3. The van der Waals surface area contributed by atoms with E-state index in [4.69, 9.17) is 4.74 Å². The molecule has 0 bridgehead atoms. The molecule has 6 heteroatoms. The number of carbonyl (C=O) groups excluding carboxylic acids is 2. The molecule has 1 N–H and O–H groups in total. The Kier molecular flexibility index (Phi) is 7.84. The molecule has 0 atom stereocenters. The van der Waals surface area contributed by atoms with E-state index in [1.807, 2.05) is 50.2 Å². The highest BCUT2D eigenvalue weighted by Crippen LogP contribution is 2.25. The lowest BCUT2D eigenvalue weighted by atomic mass is 10.1. The lowest BCUT2D eigenvalue weighted by Crippen LogP contribution is -2.30. The van der Waals surface area contributed by atoms with Gasteiger partial charge in [0, 0.05) is 28.0 Å². The molecule has 0 unspecified atom stereocenters. The number of halogens is 1. The molecule has 0 heterocycles. The van der Waals surface area contributed by atoms with Crippen LogP contribution in [0.2, 0.25) is 0 Å². The molecule has 0 fully saturated rings. The summed E-state index contributed by atoms with van der Waals surface area (Å²) in [5.74, 6) is 0.0997. The van der Waals surface area contributed by atoms with Crippen LogP contribution >= 0.6 is 15.9 Å². The van der Waals surface area contributed by atoms with E-state index < -0.39 is 0 Å². The van der Waals surface area contributed by atoms with Gasteiger partial charge in [0.25, 0.3) is 11.8 Å². The Morgan fingerprint density at radius 3 is 2.45 bits per heavy atom. The van der Waals surface area contributed by atoms with Gasteiger partial charge < -0.3 is 15.0 Å². The Balaban J connectivity index is 1.82. The third-order valence-electron chi connectivity index (χ3n) is 4.64. The summed E-state index contributed by atoms with van der Waals surface area (Å²) in [5, 5.41) is 2.88. The molecule has 0 aliphatic heterocycles. The second kappa shape index (κ2) is 10.8. The van der Waals surface area contributed by atoms with Gasteiger partial charge in [-0.3, -0.25) is 9.59 Å². The quantitative estimate of drug-likeness (QED) is 0.420. The molecule has 3 aromatic rings. The third-order valence-corrected chi connectivity index (χ3v) is 5.14. The molecule has 0 saturated heterocycles. The molecule has 3 rings (SSSR count). The minimum atomic E-state index is -0.299. The number of rotatable bonds is 8. The van der Waals surface area contributed by atoms with Crippen molar-refractivity contribution < 1.29 is 14.3 Å². The van der Waals surface area contributed by atoms with E-state index in [0.717, 1.165) is 16.6 Å². The summed E-state index contributed by atoms with van der Waals surface area (Å²) >= 11 is 3.41. The van der Waals surface area contributed by atoms with Crippen LogP contribution in [0.3, 0.4) is 0 Å². The summed E-state index contributed by atoms with van der Waals surface area (Å²) in [7, 11) is 0. The number of ether oxygens (including phenoxy) is 1. The standard InChI is InChI=1S/C25H25BrN2O3/c1-3-15-31-23-14-13-19(26)17-22(23)24(29)27-20-10-8-9-18(16-20)25(30)28(4-2)21-11-6-5-7-12-21/h5-14,16-17H,3-4,15H2,1-2H3,(H,27,29). The smallest absolute Gasteiger partial charge is 0.259 e. The fraction of sp³-hybridized carbons (Fsp3) is 0.200. The highest BCUT2D eigenvalue weighted by Gasteiger charge is 2.18. The average molecular weight is 481 g/mol. The number of anilines is 2. The largest absolute Gasteiger partial charge is 0.493 e. The summed E-state index contributed by atoms with van der Waals surface area (Å²) < 4.78 is 6.50. The monoisotopic (exact) mass is 480 g/mol. The van der Waals surface area contributed by atoms with Crippen molar-refractivity contribution in [1.29, 1.82) is 0 Å². The zero-order chi connectivity index (χ0) is 22.2. The Hall–Kier alpha value is -3.12. The van der Waals surface area contributed by atoms with E-state index in [2.05, 4.69) is 21.2 Å². The van der Waals surface area contributed by atoms with Crippen LogP contribution in [0.1, 0.15) is 41.0 Å². The van der Waals surface area contributed by atoms with E-state index in [0.29, 0.717) is 35.7 Å². The molecular weight excluding hydrogens is 456 g/mol. The maximum Gasteiger partial charge on any atom is 0.259 e.